The third-order valence-corrected chi connectivity index (χ3v) is 6.27. The molecule has 6 heteroatoms. The van der Waals surface area contributed by atoms with Gasteiger partial charge in [-0.3, -0.25) is 4.70 Å². The number of fused-ring (bicyclic) bond motifs is 4. The molecule has 0 aromatic heterocycles. The highest BCUT2D eigenvalue weighted by molar-refractivity contribution is 6.35. The molecule has 134 valence electrons. The Bertz CT molecular complexity index is 1130. The van der Waals surface area contributed by atoms with Gasteiger partial charge in [0.2, 0.25) is 0 Å². The van der Waals surface area contributed by atoms with Crippen molar-refractivity contribution in [3.05, 3.63) is 91.6 Å². The van der Waals surface area contributed by atoms with Crippen molar-refractivity contribution in [3.8, 4) is 0 Å². The molecule has 1 N–H and O–H groups in total. The Morgan fingerprint density at radius 1 is 1.15 bits per heavy atom. The zero-order valence-electron chi connectivity index (χ0n) is 14.2. The summed E-state index contributed by atoms with van der Waals surface area (Å²) in [6, 6.07) is 13.1. The summed E-state index contributed by atoms with van der Waals surface area (Å²) in [7, 11) is 0. The quantitative estimate of drug-likeness (QED) is 0.546. The minimum Gasteiger partial charge on any atom is -0.499 e. The van der Waals surface area contributed by atoms with Crippen LogP contribution in [0, 0.1) is 0 Å². The number of carbonyl (C=O) groups is 1. The van der Waals surface area contributed by atoms with E-state index in [0.29, 0.717) is 27.7 Å². The minimum absolute atomic E-state index is 0.190. The number of nitrogens with zero attached hydrogens (tertiary/aromatic N) is 2. The number of aliphatic carboxylic acids is 1. The van der Waals surface area contributed by atoms with Gasteiger partial charge in [-0.2, -0.15) is 0 Å². The first-order valence-corrected chi connectivity index (χ1v) is 9.48. The SMILES string of the molecule is [N-]=[N+]1C2=C(C(=O)O)C3=C(c4ccccc4CCC3)C21c1ccc(Cl)cc1Cl. The van der Waals surface area contributed by atoms with Crippen LogP contribution in [-0.2, 0) is 16.8 Å². The first-order chi connectivity index (χ1) is 13.0. The molecule has 0 amide bonds. The normalized spacial score (nSPS) is 23.0. The Morgan fingerprint density at radius 3 is 2.67 bits per heavy atom. The summed E-state index contributed by atoms with van der Waals surface area (Å²) >= 11 is 12.6. The van der Waals surface area contributed by atoms with Crippen LogP contribution in [0.5, 0.6) is 0 Å². The number of benzene rings is 2. The first kappa shape index (κ1) is 16.7. The van der Waals surface area contributed by atoms with Gasteiger partial charge in [0.1, 0.15) is 5.57 Å². The lowest BCUT2D eigenvalue weighted by Crippen LogP contribution is -2.15. The van der Waals surface area contributed by atoms with E-state index >= 15 is 0 Å². The largest absolute Gasteiger partial charge is 0.499 e. The fourth-order valence-electron chi connectivity index (χ4n) is 4.67. The molecule has 0 saturated carbocycles. The van der Waals surface area contributed by atoms with Gasteiger partial charge in [-0.1, -0.05) is 47.5 Å². The van der Waals surface area contributed by atoms with Crippen LogP contribution in [0.3, 0.4) is 0 Å². The Balaban J connectivity index is 1.88. The molecule has 1 fully saturated rings. The second-order valence-electron chi connectivity index (χ2n) is 7.04. The van der Waals surface area contributed by atoms with E-state index in [9.17, 15) is 15.4 Å². The van der Waals surface area contributed by atoms with Crippen molar-refractivity contribution in [2.75, 3.05) is 0 Å². The molecule has 1 heterocycles. The number of carboxylic acids is 1. The fraction of sp³-hybridized carbons (Fsp3) is 0.190. The van der Waals surface area contributed by atoms with Crippen LogP contribution in [0.2, 0.25) is 10.0 Å². The van der Waals surface area contributed by atoms with Crippen LogP contribution < -0.4 is 0 Å². The number of rotatable bonds is 2. The van der Waals surface area contributed by atoms with Gasteiger partial charge in [0, 0.05) is 5.02 Å². The molecule has 4 nitrogen and oxygen atoms in total. The maximum Gasteiger partial charge on any atom is 0.342 e. The molecule has 2 aromatic carbocycles. The van der Waals surface area contributed by atoms with Crippen molar-refractivity contribution < 1.29 is 14.6 Å². The van der Waals surface area contributed by atoms with Gasteiger partial charge < -0.3 is 10.6 Å². The summed E-state index contributed by atoms with van der Waals surface area (Å²) in [6.07, 6.45) is 2.37. The monoisotopic (exact) mass is 396 g/mol. The van der Waals surface area contributed by atoms with E-state index in [-0.39, 0.29) is 5.57 Å². The molecule has 2 aromatic rings. The highest BCUT2D eigenvalue weighted by atomic mass is 35.5. The summed E-state index contributed by atoms with van der Waals surface area (Å²) in [5, 5.41) is 10.8. The van der Waals surface area contributed by atoms with Crippen LogP contribution in [0.1, 0.15) is 29.5 Å². The molecular formula is C21H14Cl2N2O2. The molecule has 27 heavy (non-hydrogen) atoms. The molecule has 0 bridgehead atoms. The van der Waals surface area contributed by atoms with Gasteiger partial charge in [-0.25, -0.2) is 4.79 Å². The van der Waals surface area contributed by atoms with Gasteiger partial charge in [-0.05, 0) is 54.2 Å². The summed E-state index contributed by atoms with van der Waals surface area (Å²) in [4.78, 5) is 12.1. The fourth-order valence-corrected chi connectivity index (χ4v) is 5.21. The van der Waals surface area contributed by atoms with Gasteiger partial charge in [0.25, 0.3) is 11.2 Å². The second kappa shape index (κ2) is 5.54. The van der Waals surface area contributed by atoms with E-state index in [2.05, 4.69) is 6.07 Å². The van der Waals surface area contributed by atoms with Crippen molar-refractivity contribution in [1.82, 2.24) is 0 Å². The molecule has 3 aliphatic rings. The number of carboxylic acid groups (broad SMARTS) is 1. The molecule has 2 aliphatic carbocycles. The maximum atomic E-state index is 12.1. The molecule has 1 aliphatic heterocycles. The molecule has 0 radical (unpaired) electrons. The Labute approximate surface area is 165 Å². The Kier molecular flexibility index (Phi) is 3.43. The van der Waals surface area contributed by atoms with Crippen LogP contribution in [0.15, 0.2) is 59.3 Å². The predicted molar refractivity (Wildman–Crippen MR) is 103 cm³/mol. The van der Waals surface area contributed by atoms with Crippen molar-refractivity contribution in [3.63, 3.8) is 0 Å². The van der Waals surface area contributed by atoms with Crippen LogP contribution in [0.25, 0.3) is 11.1 Å². The van der Waals surface area contributed by atoms with Crippen LogP contribution in [0.4, 0.5) is 0 Å². The molecule has 1 saturated heterocycles. The lowest BCUT2D eigenvalue weighted by atomic mass is 9.84. The van der Waals surface area contributed by atoms with E-state index in [4.69, 9.17) is 23.2 Å². The molecule has 5 rings (SSSR count). The second-order valence-corrected chi connectivity index (χ2v) is 7.88. The lowest BCUT2D eigenvalue weighted by molar-refractivity contribution is -0.387. The summed E-state index contributed by atoms with van der Waals surface area (Å²) < 4.78 is 1.05. The summed E-state index contributed by atoms with van der Waals surface area (Å²) in [5.41, 5.74) is 14.7. The smallest absolute Gasteiger partial charge is 0.342 e. The molecule has 1 atom stereocenters. The summed E-state index contributed by atoms with van der Waals surface area (Å²) in [5.74, 6) is -1.03. The standard InChI is InChI=1S/C21H14Cl2N2O2/c22-12-8-9-15(16(23)10-12)21-18-13-6-2-1-4-11(13)5-3-7-14(18)17(20(26)27)19(21)25(21)24/h1-2,4,6,8-10H,3,5,7H2,(H,26,27). The zero-order valence-corrected chi connectivity index (χ0v) is 15.7. The van der Waals surface area contributed by atoms with Gasteiger partial charge in [-0.15, -0.1) is 0 Å². The average Bonchev–Trinajstić information content (AvgIpc) is 3.15. The minimum atomic E-state index is -1.05. The first-order valence-electron chi connectivity index (χ1n) is 8.73. The van der Waals surface area contributed by atoms with E-state index in [1.54, 1.807) is 18.2 Å². The van der Waals surface area contributed by atoms with E-state index in [1.807, 2.05) is 18.2 Å². The summed E-state index contributed by atoms with van der Waals surface area (Å²) in [6.45, 7) is 0. The van der Waals surface area contributed by atoms with Gasteiger partial charge >= 0.3 is 5.97 Å². The zero-order chi connectivity index (χ0) is 18.9. The number of aryl methyl sites for hydroxylation is 1. The van der Waals surface area contributed by atoms with Gasteiger partial charge in [0.15, 0.2) is 0 Å². The molecular weight excluding hydrogens is 383 g/mol. The topological polar surface area (TPSA) is 62.6 Å². The lowest BCUT2D eigenvalue weighted by Gasteiger charge is -2.17. The van der Waals surface area contributed by atoms with Crippen molar-refractivity contribution in [2.45, 2.75) is 24.8 Å². The maximum absolute atomic E-state index is 12.1. The Hall–Kier alpha value is -2.43. The molecule has 0 spiro atoms. The molecule has 1 unspecified atom stereocenters. The number of hydrogen-bond acceptors (Lipinski definition) is 1. The highest BCUT2D eigenvalue weighted by Gasteiger charge is 2.75. The van der Waals surface area contributed by atoms with Gasteiger partial charge in [0.05, 0.1) is 16.2 Å². The van der Waals surface area contributed by atoms with E-state index in [1.165, 1.54) is 0 Å². The highest BCUT2D eigenvalue weighted by Crippen LogP contribution is 2.67. The van der Waals surface area contributed by atoms with Crippen molar-refractivity contribution in [1.29, 1.82) is 0 Å². The third kappa shape index (κ3) is 2.03. The Morgan fingerprint density at radius 2 is 1.93 bits per heavy atom. The number of hydrogen-bond donors (Lipinski definition) is 1. The van der Waals surface area contributed by atoms with Crippen LogP contribution >= 0.6 is 23.2 Å². The predicted octanol–water partition coefficient (Wildman–Crippen LogP) is 5.38. The van der Waals surface area contributed by atoms with E-state index in [0.717, 1.165) is 39.8 Å². The van der Waals surface area contributed by atoms with Crippen LogP contribution in [-0.4, -0.2) is 15.8 Å². The van der Waals surface area contributed by atoms with Crippen molar-refractivity contribution >= 4 is 34.7 Å². The van der Waals surface area contributed by atoms with E-state index < -0.39 is 11.5 Å². The average molecular weight is 397 g/mol. The van der Waals surface area contributed by atoms with Crippen molar-refractivity contribution in [2.24, 2.45) is 0 Å². The number of halogens is 2. The third-order valence-electron chi connectivity index (χ3n) is 5.72.